The Labute approximate surface area is 142 Å². The Kier molecular flexibility index (Phi) is 6.27. The first-order valence-electron chi connectivity index (χ1n) is 7.47. The number of nitrogens with one attached hydrogen (secondary N) is 1. The summed E-state index contributed by atoms with van der Waals surface area (Å²) in [4.78, 5) is 4.68. The highest BCUT2D eigenvalue weighted by molar-refractivity contribution is 7.91. The van der Waals surface area contributed by atoms with Gasteiger partial charge in [0.05, 0.1) is 4.34 Å². The monoisotopic (exact) mass is 365 g/mol. The average molecular weight is 366 g/mol. The van der Waals surface area contributed by atoms with E-state index in [0.717, 1.165) is 37.5 Å². The molecule has 0 radical (unpaired) electrons. The van der Waals surface area contributed by atoms with Gasteiger partial charge in [-0.3, -0.25) is 4.90 Å². The van der Waals surface area contributed by atoms with E-state index in [1.165, 1.54) is 0 Å². The van der Waals surface area contributed by atoms with Crippen molar-refractivity contribution in [3.63, 3.8) is 0 Å². The molecule has 1 N–H and O–H groups in total. The van der Waals surface area contributed by atoms with E-state index in [4.69, 9.17) is 11.6 Å². The minimum Gasteiger partial charge on any atom is -0.304 e. The summed E-state index contributed by atoms with van der Waals surface area (Å²) in [6.07, 6.45) is 0. The van der Waals surface area contributed by atoms with E-state index >= 15 is 0 Å². The molecule has 0 saturated carbocycles. The van der Waals surface area contributed by atoms with E-state index in [0.29, 0.717) is 16.8 Å². The molecule has 8 heteroatoms. The van der Waals surface area contributed by atoms with Gasteiger partial charge in [0.2, 0.25) is 10.0 Å². The third kappa shape index (κ3) is 4.66. The predicted octanol–water partition coefficient (Wildman–Crippen LogP) is 1.95. The molecule has 1 unspecified atom stereocenters. The molecule has 5 nitrogen and oxygen atoms in total. The normalized spacial score (nSPS) is 19.7. The van der Waals surface area contributed by atoms with Crippen molar-refractivity contribution < 1.29 is 8.42 Å². The van der Waals surface area contributed by atoms with Crippen LogP contribution in [0.4, 0.5) is 0 Å². The van der Waals surface area contributed by atoms with E-state index in [9.17, 15) is 8.42 Å². The van der Waals surface area contributed by atoms with Gasteiger partial charge in [0.25, 0.3) is 0 Å². The van der Waals surface area contributed by atoms with Crippen molar-refractivity contribution in [3.8, 4) is 0 Å². The molecule has 2 heterocycles. The Balaban J connectivity index is 2.00. The van der Waals surface area contributed by atoms with Crippen molar-refractivity contribution in [2.45, 2.75) is 24.1 Å². The molecule has 1 aromatic rings. The number of sulfonamides is 1. The molecule has 1 fully saturated rings. The number of rotatable bonds is 6. The molecule has 2 rings (SSSR count). The van der Waals surface area contributed by atoms with Gasteiger partial charge in [-0.2, -0.15) is 0 Å². The Hall–Kier alpha value is -0.180. The maximum atomic E-state index is 12.3. The lowest BCUT2D eigenvalue weighted by Gasteiger charge is -2.39. The zero-order valence-electron chi connectivity index (χ0n) is 13.3. The van der Waals surface area contributed by atoms with E-state index in [1.807, 2.05) is 0 Å². The number of piperazine rings is 1. The van der Waals surface area contributed by atoms with E-state index in [-0.39, 0.29) is 10.3 Å². The minimum absolute atomic E-state index is 0.207. The van der Waals surface area contributed by atoms with Crippen LogP contribution in [0.15, 0.2) is 16.3 Å². The molecule has 1 aliphatic rings. The third-order valence-corrected chi connectivity index (χ3v) is 7.22. The smallest absolute Gasteiger partial charge is 0.250 e. The van der Waals surface area contributed by atoms with Gasteiger partial charge in [0, 0.05) is 38.8 Å². The van der Waals surface area contributed by atoms with Crippen LogP contribution >= 0.6 is 22.9 Å². The number of thiophene rings is 1. The number of halogens is 1. The maximum Gasteiger partial charge on any atom is 0.250 e. The fourth-order valence-corrected chi connectivity index (χ4v) is 5.23. The summed E-state index contributed by atoms with van der Waals surface area (Å²) in [7, 11) is -1.35. The molecular formula is C14H24ClN3O2S2. The zero-order valence-corrected chi connectivity index (χ0v) is 15.6. The second kappa shape index (κ2) is 7.59. The molecule has 0 spiro atoms. The topological polar surface area (TPSA) is 52.7 Å². The summed E-state index contributed by atoms with van der Waals surface area (Å²) in [5.41, 5.74) is 0. The van der Waals surface area contributed by atoms with Crippen LogP contribution in [0.2, 0.25) is 4.34 Å². The molecule has 1 atom stereocenters. The summed E-state index contributed by atoms with van der Waals surface area (Å²) < 4.78 is 28.2. The second-order valence-corrected chi connectivity index (χ2v) is 9.77. The highest BCUT2D eigenvalue weighted by Gasteiger charge is 2.27. The van der Waals surface area contributed by atoms with Crippen LogP contribution in [-0.4, -0.2) is 64.0 Å². The first-order valence-corrected chi connectivity index (χ1v) is 10.1. The lowest BCUT2D eigenvalue weighted by Crippen LogP contribution is -2.54. The molecule has 0 bridgehead atoms. The standard InChI is InChI=1S/C14H24ClN3O2S2/c1-11(2)12(18-8-6-17(3)7-9-18)10-16-22(19,20)14-5-4-13(15)21-14/h4-5,11-12,16H,6-10H2,1-3H3. The van der Waals surface area contributed by atoms with Gasteiger partial charge in [-0.05, 0) is 25.1 Å². The average Bonchev–Trinajstić information content (AvgIpc) is 2.88. The van der Waals surface area contributed by atoms with Gasteiger partial charge in [0.15, 0.2) is 0 Å². The van der Waals surface area contributed by atoms with E-state index in [2.05, 4.69) is 35.4 Å². The predicted molar refractivity (Wildman–Crippen MR) is 92.2 cm³/mol. The Morgan fingerprint density at radius 2 is 1.91 bits per heavy atom. The first kappa shape index (κ1) is 18.2. The van der Waals surface area contributed by atoms with Crippen molar-refractivity contribution in [1.82, 2.24) is 14.5 Å². The van der Waals surface area contributed by atoms with Crippen LogP contribution in [0.1, 0.15) is 13.8 Å². The summed E-state index contributed by atoms with van der Waals surface area (Å²) in [5, 5.41) is 0. The molecule has 126 valence electrons. The summed E-state index contributed by atoms with van der Waals surface area (Å²) >= 11 is 6.91. The Bertz CT molecular complexity index is 581. The van der Waals surface area contributed by atoms with Gasteiger partial charge in [-0.15, -0.1) is 11.3 Å². The van der Waals surface area contributed by atoms with Crippen LogP contribution in [-0.2, 0) is 10.0 Å². The van der Waals surface area contributed by atoms with Crippen LogP contribution in [0.25, 0.3) is 0 Å². The fraction of sp³-hybridized carbons (Fsp3) is 0.714. The first-order chi connectivity index (χ1) is 10.3. The lowest BCUT2D eigenvalue weighted by molar-refractivity contribution is 0.0905. The third-order valence-electron chi connectivity index (χ3n) is 4.07. The minimum atomic E-state index is -3.47. The quantitative estimate of drug-likeness (QED) is 0.837. The van der Waals surface area contributed by atoms with Crippen molar-refractivity contribution in [1.29, 1.82) is 0 Å². The van der Waals surface area contributed by atoms with E-state index in [1.54, 1.807) is 12.1 Å². The molecule has 0 amide bonds. The van der Waals surface area contributed by atoms with Gasteiger partial charge < -0.3 is 4.90 Å². The number of nitrogens with zero attached hydrogens (tertiary/aromatic N) is 2. The molecule has 0 aliphatic carbocycles. The van der Waals surface area contributed by atoms with Crippen LogP contribution in [0, 0.1) is 5.92 Å². The Morgan fingerprint density at radius 3 is 2.41 bits per heavy atom. The van der Waals surface area contributed by atoms with Gasteiger partial charge in [-0.1, -0.05) is 25.4 Å². The summed E-state index contributed by atoms with van der Waals surface area (Å²) in [6.45, 7) is 8.71. The summed E-state index contributed by atoms with van der Waals surface area (Å²) in [6, 6.07) is 3.37. The second-order valence-electron chi connectivity index (χ2n) is 6.06. The Morgan fingerprint density at radius 1 is 1.27 bits per heavy atom. The van der Waals surface area contributed by atoms with Crippen molar-refractivity contribution >= 4 is 33.0 Å². The SMILES string of the molecule is CC(C)C(CNS(=O)(=O)c1ccc(Cl)s1)N1CCN(C)CC1. The molecule has 1 saturated heterocycles. The van der Waals surface area contributed by atoms with Crippen molar-refractivity contribution in [2.75, 3.05) is 39.8 Å². The molecular weight excluding hydrogens is 342 g/mol. The highest BCUT2D eigenvalue weighted by atomic mass is 35.5. The fourth-order valence-electron chi connectivity index (χ4n) is 2.65. The number of hydrogen-bond acceptors (Lipinski definition) is 5. The largest absolute Gasteiger partial charge is 0.304 e. The van der Waals surface area contributed by atoms with Crippen LogP contribution < -0.4 is 4.72 Å². The lowest BCUT2D eigenvalue weighted by atomic mass is 10.0. The van der Waals surface area contributed by atoms with Gasteiger partial charge >= 0.3 is 0 Å². The maximum absolute atomic E-state index is 12.3. The van der Waals surface area contributed by atoms with Gasteiger partial charge in [0.1, 0.15) is 4.21 Å². The zero-order chi connectivity index (χ0) is 16.3. The number of likely N-dealkylation sites (N-methyl/N-ethyl adjacent to an activating group) is 1. The molecule has 1 aliphatic heterocycles. The highest BCUT2D eigenvalue weighted by Crippen LogP contribution is 2.25. The molecule has 0 aromatic carbocycles. The van der Waals surface area contributed by atoms with Crippen molar-refractivity contribution in [3.05, 3.63) is 16.5 Å². The van der Waals surface area contributed by atoms with E-state index < -0.39 is 10.0 Å². The molecule has 1 aromatic heterocycles. The van der Waals surface area contributed by atoms with Crippen LogP contribution in [0.5, 0.6) is 0 Å². The van der Waals surface area contributed by atoms with Gasteiger partial charge in [-0.25, -0.2) is 13.1 Å². The summed E-state index contributed by atoms with van der Waals surface area (Å²) in [5.74, 6) is 0.387. The molecule has 22 heavy (non-hydrogen) atoms. The van der Waals surface area contributed by atoms with Crippen LogP contribution in [0.3, 0.4) is 0 Å². The number of hydrogen-bond donors (Lipinski definition) is 1. The van der Waals surface area contributed by atoms with Crippen molar-refractivity contribution in [2.24, 2.45) is 5.92 Å².